The number of aromatic nitrogens is 4. The molecule has 0 spiro atoms. The fourth-order valence-electron chi connectivity index (χ4n) is 3.68. The Morgan fingerprint density at radius 2 is 2.21 bits per heavy atom. The first-order valence-corrected chi connectivity index (χ1v) is 10.4. The smallest absolute Gasteiger partial charge is 0.293 e. The Bertz CT molecular complexity index is 1120. The summed E-state index contributed by atoms with van der Waals surface area (Å²) < 4.78 is 1.45. The van der Waals surface area contributed by atoms with Gasteiger partial charge >= 0.3 is 0 Å². The average Bonchev–Trinajstić information content (AvgIpc) is 3.15. The van der Waals surface area contributed by atoms with Gasteiger partial charge in [0.25, 0.3) is 5.56 Å². The number of thioether (sulfide) groups is 1. The van der Waals surface area contributed by atoms with Crippen LogP contribution in [-0.2, 0) is 12.3 Å². The average molecular weight is 395 g/mol. The second-order valence-corrected chi connectivity index (χ2v) is 8.25. The van der Waals surface area contributed by atoms with Crippen LogP contribution in [0.4, 0.5) is 11.6 Å². The van der Waals surface area contributed by atoms with Crippen molar-refractivity contribution in [1.29, 1.82) is 0 Å². The maximum Gasteiger partial charge on any atom is 0.293 e. The molecule has 1 atom stereocenters. The molecule has 9 heteroatoms. The van der Waals surface area contributed by atoms with E-state index in [9.17, 15) is 4.79 Å². The molecule has 3 N–H and O–H groups in total. The van der Waals surface area contributed by atoms with Gasteiger partial charge in [-0.1, -0.05) is 18.2 Å². The number of rotatable bonds is 3. The Kier molecular flexibility index (Phi) is 4.40. The van der Waals surface area contributed by atoms with E-state index < -0.39 is 0 Å². The molecule has 1 unspecified atom stereocenters. The van der Waals surface area contributed by atoms with Crippen molar-refractivity contribution in [3.05, 3.63) is 46.4 Å². The Hall–Kier alpha value is -2.65. The molecule has 0 amide bonds. The van der Waals surface area contributed by atoms with Crippen LogP contribution in [0, 0.1) is 0 Å². The third-order valence-corrected chi connectivity index (χ3v) is 6.17. The summed E-state index contributed by atoms with van der Waals surface area (Å²) in [7, 11) is 0. The molecule has 0 radical (unpaired) electrons. The molecule has 5 rings (SSSR count). The monoisotopic (exact) mass is 395 g/mol. The number of nitrogens with two attached hydrogens (primary N) is 1. The first kappa shape index (κ1) is 17.4. The van der Waals surface area contributed by atoms with E-state index in [-0.39, 0.29) is 11.6 Å². The number of H-pyrrole nitrogens is 1. The molecular weight excluding hydrogens is 374 g/mol. The van der Waals surface area contributed by atoms with Crippen molar-refractivity contribution in [2.45, 2.75) is 31.2 Å². The summed E-state index contributed by atoms with van der Waals surface area (Å²) in [4.78, 5) is 27.5. The van der Waals surface area contributed by atoms with Crippen molar-refractivity contribution in [3.8, 4) is 0 Å². The lowest BCUT2D eigenvalue weighted by Gasteiger charge is -2.30. The maximum atomic E-state index is 12.9. The van der Waals surface area contributed by atoms with Gasteiger partial charge < -0.3 is 15.6 Å². The molecule has 0 aliphatic carbocycles. The van der Waals surface area contributed by atoms with Gasteiger partial charge in [0.15, 0.2) is 0 Å². The summed E-state index contributed by atoms with van der Waals surface area (Å²) >= 11 is 1.65. The predicted octanol–water partition coefficient (Wildman–Crippen LogP) is 2.02. The number of nitrogens with zero attached hydrogens (tertiary/aromatic N) is 5. The largest absolute Gasteiger partial charge is 0.341 e. The number of piperidine rings is 1. The molecule has 144 valence electrons. The minimum Gasteiger partial charge on any atom is -0.341 e. The van der Waals surface area contributed by atoms with E-state index in [1.807, 2.05) is 18.2 Å². The topological polar surface area (TPSA) is 105 Å². The lowest BCUT2D eigenvalue weighted by molar-refractivity contribution is 0.501. The second kappa shape index (κ2) is 7.06. The minimum atomic E-state index is -0.181. The number of aliphatic imine (C=N–C) groups is 1. The van der Waals surface area contributed by atoms with Crippen molar-refractivity contribution < 1.29 is 0 Å². The van der Waals surface area contributed by atoms with Gasteiger partial charge in [0.1, 0.15) is 11.0 Å². The van der Waals surface area contributed by atoms with E-state index in [1.54, 1.807) is 18.0 Å². The van der Waals surface area contributed by atoms with Gasteiger partial charge in [0.2, 0.25) is 5.95 Å². The Balaban J connectivity index is 1.44. The van der Waals surface area contributed by atoms with Gasteiger partial charge in [-0.25, -0.2) is 14.7 Å². The first-order chi connectivity index (χ1) is 13.7. The molecule has 2 aliphatic heterocycles. The Labute approximate surface area is 165 Å². The molecule has 2 aromatic heterocycles. The number of nitrogens with one attached hydrogen (secondary N) is 1. The lowest BCUT2D eigenvalue weighted by Crippen LogP contribution is -2.43. The molecule has 1 fully saturated rings. The number of aromatic amines is 1. The van der Waals surface area contributed by atoms with Crippen LogP contribution in [0.5, 0.6) is 0 Å². The molecule has 28 heavy (non-hydrogen) atoms. The van der Waals surface area contributed by atoms with Crippen molar-refractivity contribution in [1.82, 2.24) is 19.7 Å². The normalized spacial score (nSPS) is 19.5. The molecule has 1 aromatic carbocycles. The fourth-order valence-corrected chi connectivity index (χ4v) is 4.62. The number of anilines is 1. The van der Waals surface area contributed by atoms with E-state index in [4.69, 9.17) is 5.73 Å². The molecule has 0 bridgehead atoms. The highest BCUT2D eigenvalue weighted by molar-refractivity contribution is 8.13. The molecule has 3 aromatic rings. The lowest BCUT2D eigenvalue weighted by atomic mass is 10.1. The fraction of sp³-hybridized carbons (Fsp3) is 0.368. The van der Waals surface area contributed by atoms with Crippen LogP contribution in [0.2, 0.25) is 0 Å². The van der Waals surface area contributed by atoms with Gasteiger partial charge in [0.05, 0.1) is 23.5 Å². The zero-order valence-electron chi connectivity index (χ0n) is 15.3. The van der Waals surface area contributed by atoms with E-state index >= 15 is 0 Å². The quantitative estimate of drug-likeness (QED) is 0.703. The highest BCUT2D eigenvalue weighted by Gasteiger charge is 2.21. The Morgan fingerprint density at radius 3 is 3.11 bits per heavy atom. The number of hydrogen-bond donors (Lipinski definition) is 2. The summed E-state index contributed by atoms with van der Waals surface area (Å²) in [6, 6.07) is 8.22. The van der Waals surface area contributed by atoms with Crippen LogP contribution in [-0.4, -0.2) is 43.9 Å². The third kappa shape index (κ3) is 3.20. The van der Waals surface area contributed by atoms with Crippen molar-refractivity contribution in [3.63, 3.8) is 0 Å². The molecule has 0 saturated carbocycles. The number of fused-ring (bicyclic) bond motifs is 2. The zero-order valence-corrected chi connectivity index (χ0v) is 16.2. The van der Waals surface area contributed by atoms with Crippen LogP contribution >= 0.6 is 11.8 Å². The zero-order chi connectivity index (χ0) is 19.1. The summed E-state index contributed by atoms with van der Waals surface area (Å²) in [5.74, 6) is 1.55. The van der Waals surface area contributed by atoms with E-state index in [1.165, 1.54) is 10.2 Å². The molecule has 1 saturated heterocycles. The summed E-state index contributed by atoms with van der Waals surface area (Å²) in [6.07, 6.45) is 3.69. The van der Waals surface area contributed by atoms with Gasteiger partial charge in [0, 0.05) is 24.9 Å². The van der Waals surface area contributed by atoms with Crippen molar-refractivity contribution in [2.75, 3.05) is 18.0 Å². The number of benzene rings is 1. The number of imidazole rings is 1. The first-order valence-electron chi connectivity index (χ1n) is 9.42. The predicted molar refractivity (Wildman–Crippen MR) is 112 cm³/mol. The van der Waals surface area contributed by atoms with E-state index in [0.717, 1.165) is 42.4 Å². The van der Waals surface area contributed by atoms with Crippen LogP contribution in [0.25, 0.3) is 11.0 Å². The molecule has 8 nitrogen and oxygen atoms in total. The minimum absolute atomic E-state index is 0.140. The summed E-state index contributed by atoms with van der Waals surface area (Å²) in [6.45, 7) is 1.99. The summed E-state index contributed by atoms with van der Waals surface area (Å²) in [5.41, 5.74) is 9.13. The van der Waals surface area contributed by atoms with E-state index in [2.05, 4.69) is 31.0 Å². The highest BCUT2D eigenvalue weighted by atomic mass is 32.2. The van der Waals surface area contributed by atoms with Gasteiger partial charge in [-0.15, -0.1) is 11.8 Å². The number of para-hydroxylation sites is 1. The van der Waals surface area contributed by atoms with Crippen molar-refractivity contribution in [2.24, 2.45) is 10.7 Å². The maximum absolute atomic E-state index is 12.9. The standard InChI is InChI=1S/C19H21N7OS/c20-13-5-3-7-25(9-13)19-23-15-8-21-26(18(27)17(15)24-19)10-16-22-14-6-2-1-4-12(14)11-28-16/h1-2,4,6,8,13H,3,5,7,9-11,20H2,(H,23,24). The third-order valence-electron chi connectivity index (χ3n) is 5.16. The van der Waals surface area contributed by atoms with Crippen molar-refractivity contribution >= 4 is 39.5 Å². The van der Waals surface area contributed by atoms with Crippen LogP contribution in [0.3, 0.4) is 0 Å². The molecular formula is C19H21N7OS. The van der Waals surface area contributed by atoms with Crippen LogP contribution in [0.1, 0.15) is 18.4 Å². The van der Waals surface area contributed by atoms with Gasteiger partial charge in [-0.2, -0.15) is 5.10 Å². The summed E-state index contributed by atoms with van der Waals surface area (Å²) in [5, 5.41) is 5.20. The molecule has 4 heterocycles. The second-order valence-electron chi connectivity index (χ2n) is 7.20. The highest BCUT2D eigenvalue weighted by Crippen LogP contribution is 2.30. The van der Waals surface area contributed by atoms with Crippen LogP contribution < -0.4 is 16.2 Å². The number of hydrogen-bond acceptors (Lipinski definition) is 7. The molecule has 2 aliphatic rings. The van der Waals surface area contributed by atoms with E-state index in [0.29, 0.717) is 23.5 Å². The Morgan fingerprint density at radius 1 is 1.32 bits per heavy atom. The van der Waals surface area contributed by atoms with Gasteiger partial charge in [-0.05, 0) is 24.5 Å². The van der Waals surface area contributed by atoms with Gasteiger partial charge in [-0.3, -0.25) is 4.79 Å². The SMILES string of the molecule is NC1CCCN(c2nc3cnn(CC4=Nc5ccccc5CS4)c(=O)c3[nH]2)C1. The van der Waals surface area contributed by atoms with Crippen LogP contribution in [0.15, 0.2) is 40.2 Å².